The topological polar surface area (TPSA) is 110 Å². The van der Waals surface area contributed by atoms with Crippen LogP contribution in [0.25, 0.3) is 5.69 Å². The minimum absolute atomic E-state index is 0.231. The van der Waals surface area contributed by atoms with E-state index >= 15 is 0 Å². The quantitative estimate of drug-likeness (QED) is 0.656. The molecule has 182 valence electrons. The number of nitriles is 1. The second kappa shape index (κ2) is 9.73. The number of aromatic nitrogens is 2. The van der Waals surface area contributed by atoms with Crippen molar-refractivity contribution < 1.29 is 23.8 Å². The number of anilines is 2. The number of hydrogen-bond donors (Lipinski definition) is 0. The molecule has 0 bridgehead atoms. The molecule has 0 N–H and O–H groups in total. The molecule has 1 aromatic carbocycles. The molecule has 0 unspecified atom stereocenters. The van der Waals surface area contributed by atoms with Crippen LogP contribution in [-0.4, -0.2) is 59.5 Å². The molecule has 1 aliphatic rings. The van der Waals surface area contributed by atoms with Crippen molar-refractivity contribution in [3.05, 3.63) is 36.0 Å². The Morgan fingerprint density at radius 2 is 1.53 bits per heavy atom. The van der Waals surface area contributed by atoms with Gasteiger partial charge in [0.25, 0.3) is 0 Å². The van der Waals surface area contributed by atoms with Crippen LogP contribution < -0.4 is 9.80 Å². The molecule has 10 heteroatoms. The zero-order chi connectivity index (χ0) is 25.1. The molecule has 0 spiro atoms. The van der Waals surface area contributed by atoms with E-state index in [0.29, 0.717) is 43.4 Å². The van der Waals surface area contributed by atoms with Gasteiger partial charge in [0.15, 0.2) is 5.82 Å². The van der Waals surface area contributed by atoms with E-state index in [1.807, 2.05) is 4.90 Å². The predicted molar refractivity (Wildman–Crippen MR) is 126 cm³/mol. The fourth-order valence-electron chi connectivity index (χ4n) is 3.22. The molecule has 3 rings (SSSR count). The van der Waals surface area contributed by atoms with Gasteiger partial charge in [-0.1, -0.05) is 0 Å². The Hall–Kier alpha value is -3.58. The lowest BCUT2D eigenvalue weighted by atomic mass is 10.2. The molecule has 2 amide bonds. The van der Waals surface area contributed by atoms with E-state index in [-0.39, 0.29) is 5.69 Å². The summed E-state index contributed by atoms with van der Waals surface area (Å²) >= 11 is 0. The van der Waals surface area contributed by atoms with Gasteiger partial charge in [-0.15, -0.1) is 5.10 Å². The maximum Gasteiger partial charge on any atom is 0.424 e. The minimum atomic E-state index is -0.865. The number of carbonyl (C=O) groups is 2. The number of ether oxygens (including phenoxy) is 3. The molecule has 0 atom stereocenters. The zero-order valence-electron chi connectivity index (χ0n) is 20.5. The van der Waals surface area contributed by atoms with Crippen molar-refractivity contribution in [2.45, 2.75) is 52.7 Å². The number of nitrogens with zero attached hydrogens (tertiary/aromatic N) is 5. The van der Waals surface area contributed by atoms with Gasteiger partial charge in [-0.2, -0.15) is 10.2 Å². The summed E-state index contributed by atoms with van der Waals surface area (Å²) in [6, 6.07) is 8.91. The maximum atomic E-state index is 13.2. The van der Waals surface area contributed by atoms with Crippen molar-refractivity contribution in [1.29, 1.82) is 5.26 Å². The molecular formula is C24H31N5O5. The first-order chi connectivity index (χ1) is 15.9. The van der Waals surface area contributed by atoms with Gasteiger partial charge in [-0.3, -0.25) is 0 Å². The Bertz CT molecular complexity index is 1040. The molecule has 34 heavy (non-hydrogen) atoms. The van der Waals surface area contributed by atoms with E-state index in [2.05, 4.69) is 11.2 Å². The SMILES string of the molecule is CC(C)(C)OC(=O)N(C(=O)OC(C)(C)C)c1cn(-c2ccc(C#N)cc2)nc1N1CCOCC1. The molecule has 0 saturated carbocycles. The van der Waals surface area contributed by atoms with E-state index in [4.69, 9.17) is 19.5 Å². The lowest BCUT2D eigenvalue weighted by Gasteiger charge is -2.31. The van der Waals surface area contributed by atoms with Crippen molar-refractivity contribution in [2.75, 3.05) is 36.1 Å². The summed E-state index contributed by atoms with van der Waals surface area (Å²) in [5, 5.41) is 13.8. The van der Waals surface area contributed by atoms with Gasteiger partial charge in [0.2, 0.25) is 0 Å². The summed E-state index contributed by atoms with van der Waals surface area (Å²) in [7, 11) is 0. The first kappa shape index (κ1) is 25.1. The van der Waals surface area contributed by atoms with Crippen LogP contribution >= 0.6 is 0 Å². The number of hydrogen-bond acceptors (Lipinski definition) is 8. The van der Waals surface area contributed by atoms with E-state index in [1.54, 1.807) is 76.7 Å². The molecule has 1 aromatic heterocycles. The fourth-order valence-corrected chi connectivity index (χ4v) is 3.22. The summed E-state index contributed by atoms with van der Waals surface area (Å²) in [5.74, 6) is 0.421. The molecule has 1 saturated heterocycles. The Kier molecular flexibility index (Phi) is 7.17. The normalized spacial score (nSPS) is 14.3. The summed E-state index contributed by atoms with van der Waals surface area (Å²) in [5.41, 5.74) is -0.268. The lowest BCUT2D eigenvalue weighted by Crippen LogP contribution is -2.45. The first-order valence-corrected chi connectivity index (χ1v) is 11.1. The minimum Gasteiger partial charge on any atom is -0.443 e. The monoisotopic (exact) mass is 469 g/mol. The first-order valence-electron chi connectivity index (χ1n) is 11.1. The van der Waals surface area contributed by atoms with Gasteiger partial charge in [0, 0.05) is 13.1 Å². The van der Waals surface area contributed by atoms with Crippen molar-refractivity contribution in [3.8, 4) is 11.8 Å². The van der Waals surface area contributed by atoms with Crippen LogP contribution in [0.4, 0.5) is 21.1 Å². The van der Waals surface area contributed by atoms with Crippen LogP contribution in [0.3, 0.4) is 0 Å². The number of carbonyl (C=O) groups excluding carboxylic acids is 2. The molecular weight excluding hydrogens is 438 g/mol. The third-order valence-electron chi connectivity index (χ3n) is 4.64. The van der Waals surface area contributed by atoms with Crippen molar-refractivity contribution in [1.82, 2.24) is 9.78 Å². The Balaban J connectivity index is 2.12. The average molecular weight is 470 g/mol. The van der Waals surface area contributed by atoms with Crippen LogP contribution in [0.5, 0.6) is 0 Å². The highest BCUT2D eigenvalue weighted by Gasteiger charge is 2.37. The molecule has 10 nitrogen and oxygen atoms in total. The van der Waals surface area contributed by atoms with Crippen LogP contribution in [0.15, 0.2) is 30.5 Å². The van der Waals surface area contributed by atoms with E-state index in [0.717, 1.165) is 4.90 Å². The summed E-state index contributed by atoms with van der Waals surface area (Å²) in [6.45, 7) is 12.4. The number of morpholine rings is 1. The standard InChI is InChI=1S/C24H31N5O5/c1-23(2,3)33-21(30)29(22(31)34-24(4,5)6)19-16-28(18-9-7-17(15-25)8-10-18)26-20(19)27-11-13-32-14-12-27/h7-10,16H,11-14H2,1-6H3. The number of imide groups is 1. The average Bonchev–Trinajstić information content (AvgIpc) is 3.16. The third-order valence-corrected chi connectivity index (χ3v) is 4.64. The largest absolute Gasteiger partial charge is 0.443 e. The lowest BCUT2D eigenvalue weighted by molar-refractivity contribution is 0.0430. The van der Waals surface area contributed by atoms with Crippen LogP contribution in [0, 0.1) is 11.3 Å². The maximum absolute atomic E-state index is 13.2. The highest BCUT2D eigenvalue weighted by molar-refractivity contribution is 6.11. The summed E-state index contributed by atoms with van der Waals surface area (Å²) in [6.07, 6.45) is -0.147. The molecule has 0 radical (unpaired) electrons. The number of benzene rings is 1. The molecule has 1 fully saturated rings. The van der Waals surface area contributed by atoms with Gasteiger partial charge in [0.05, 0.1) is 36.7 Å². The van der Waals surface area contributed by atoms with E-state index in [1.165, 1.54) is 0 Å². The Morgan fingerprint density at radius 3 is 2.00 bits per heavy atom. The Labute approximate surface area is 199 Å². The van der Waals surface area contributed by atoms with Crippen molar-refractivity contribution in [2.24, 2.45) is 0 Å². The predicted octanol–water partition coefficient (Wildman–Crippen LogP) is 4.26. The van der Waals surface area contributed by atoms with Gasteiger partial charge in [-0.25, -0.2) is 14.3 Å². The summed E-state index contributed by atoms with van der Waals surface area (Å²) in [4.78, 5) is 29.3. The molecule has 0 aliphatic carbocycles. The fraction of sp³-hybridized carbons (Fsp3) is 0.500. The van der Waals surface area contributed by atoms with Crippen LogP contribution in [0.1, 0.15) is 47.1 Å². The van der Waals surface area contributed by atoms with Gasteiger partial charge in [-0.05, 0) is 65.8 Å². The highest BCUT2D eigenvalue weighted by atomic mass is 16.6. The second-order valence-electron chi connectivity index (χ2n) is 9.84. The highest BCUT2D eigenvalue weighted by Crippen LogP contribution is 2.33. The van der Waals surface area contributed by atoms with Crippen LogP contribution in [-0.2, 0) is 14.2 Å². The van der Waals surface area contributed by atoms with E-state index < -0.39 is 23.4 Å². The zero-order valence-corrected chi connectivity index (χ0v) is 20.5. The number of rotatable bonds is 3. The van der Waals surface area contributed by atoms with Gasteiger partial charge < -0.3 is 19.1 Å². The van der Waals surface area contributed by atoms with Gasteiger partial charge >= 0.3 is 12.2 Å². The third kappa shape index (κ3) is 6.26. The summed E-state index contributed by atoms with van der Waals surface area (Å²) < 4.78 is 18.1. The smallest absolute Gasteiger partial charge is 0.424 e. The van der Waals surface area contributed by atoms with E-state index in [9.17, 15) is 9.59 Å². The Morgan fingerprint density at radius 1 is 1.00 bits per heavy atom. The van der Waals surface area contributed by atoms with Gasteiger partial charge in [0.1, 0.15) is 16.9 Å². The number of amides is 2. The second-order valence-corrected chi connectivity index (χ2v) is 9.84. The van der Waals surface area contributed by atoms with Crippen molar-refractivity contribution in [3.63, 3.8) is 0 Å². The molecule has 2 heterocycles. The molecule has 2 aromatic rings. The van der Waals surface area contributed by atoms with Crippen LogP contribution in [0.2, 0.25) is 0 Å². The van der Waals surface area contributed by atoms with Crippen molar-refractivity contribution >= 4 is 23.7 Å². The molecule has 1 aliphatic heterocycles.